The highest BCUT2D eigenvalue weighted by molar-refractivity contribution is 6.01. The van der Waals surface area contributed by atoms with Gasteiger partial charge in [-0.2, -0.15) is 0 Å². The van der Waals surface area contributed by atoms with Gasteiger partial charge in [-0.05, 0) is 25.1 Å². The topological polar surface area (TPSA) is 59.1 Å². The van der Waals surface area contributed by atoms with Gasteiger partial charge in [0.15, 0.2) is 0 Å². The van der Waals surface area contributed by atoms with Gasteiger partial charge in [0.2, 0.25) is 11.8 Å². The molecular weight excluding hydrogens is 356 g/mol. The summed E-state index contributed by atoms with van der Waals surface area (Å²) in [5, 5.41) is 0. The molecule has 0 spiro atoms. The predicted molar refractivity (Wildman–Crippen MR) is 106 cm³/mol. The fraction of sp³-hybridized carbons (Fsp3) is 0.364. The maximum atomic E-state index is 13.2. The van der Waals surface area contributed by atoms with E-state index in [1.165, 1.54) is 0 Å². The fourth-order valence-corrected chi connectivity index (χ4v) is 3.93. The van der Waals surface area contributed by atoms with Gasteiger partial charge in [-0.15, -0.1) is 0 Å². The van der Waals surface area contributed by atoms with Crippen LogP contribution in [-0.4, -0.2) is 43.5 Å². The summed E-state index contributed by atoms with van der Waals surface area (Å²) in [6, 6.07) is 13.4. The van der Waals surface area contributed by atoms with E-state index in [1.807, 2.05) is 48.2 Å². The van der Waals surface area contributed by atoms with Crippen molar-refractivity contribution in [3.05, 3.63) is 53.6 Å². The third-order valence-corrected chi connectivity index (χ3v) is 5.36. The maximum absolute atomic E-state index is 13.2. The van der Waals surface area contributed by atoms with Crippen molar-refractivity contribution in [2.24, 2.45) is 5.92 Å². The number of aryl methyl sites for hydroxylation is 1. The molecule has 1 fully saturated rings. The molecule has 2 heterocycles. The average Bonchev–Trinajstić information content (AvgIpc) is 2.96. The van der Waals surface area contributed by atoms with Gasteiger partial charge in [-0.3, -0.25) is 9.59 Å². The molecule has 0 saturated carbocycles. The molecule has 1 atom stereocenters. The molecule has 2 amide bonds. The molecule has 146 valence electrons. The van der Waals surface area contributed by atoms with Gasteiger partial charge in [0.05, 0.1) is 25.3 Å². The van der Waals surface area contributed by atoms with Crippen LogP contribution in [0.5, 0.6) is 11.5 Å². The zero-order valence-corrected chi connectivity index (χ0v) is 16.2. The summed E-state index contributed by atoms with van der Waals surface area (Å²) in [6.07, 6.45) is 0.217. The Kier molecular flexibility index (Phi) is 4.94. The summed E-state index contributed by atoms with van der Waals surface area (Å²) >= 11 is 0. The van der Waals surface area contributed by atoms with E-state index in [0.717, 1.165) is 16.9 Å². The number of carbonyl (C=O) groups is 2. The molecule has 2 aliphatic rings. The number of hydrogen-bond donors (Lipinski definition) is 0. The lowest BCUT2D eigenvalue weighted by atomic mass is 10.1. The van der Waals surface area contributed by atoms with Gasteiger partial charge >= 0.3 is 0 Å². The summed E-state index contributed by atoms with van der Waals surface area (Å²) < 4.78 is 11.2. The first kappa shape index (κ1) is 18.3. The number of benzene rings is 2. The Morgan fingerprint density at radius 3 is 2.86 bits per heavy atom. The standard InChI is InChI=1S/C22H24N2O4/c1-15-7-8-19-16(11-15)13-23(9-10-28-19)22(26)17-12-21(25)24(14-17)18-5-3-4-6-20(18)27-2/h3-8,11,17H,9-10,12-14H2,1-2H3. The molecule has 0 aromatic heterocycles. The van der Waals surface area contributed by atoms with E-state index in [2.05, 4.69) is 6.07 Å². The molecule has 1 saturated heterocycles. The minimum atomic E-state index is -0.358. The highest BCUT2D eigenvalue weighted by atomic mass is 16.5. The van der Waals surface area contributed by atoms with Crippen LogP contribution in [0.15, 0.2) is 42.5 Å². The van der Waals surface area contributed by atoms with Crippen molar-refractivity contribution in [3.8, 4) is 11.5 Å². The Bertz CT molecular complexity index is 911. The van der Waals surface area contributed by atoms with E-state index in [4.69, 9.17) is 9.47 Å². The monoisotopic (exact) mass is 380 g/mol. The fourth-order valence-electron chi connectivity index (χ4n) is 3.93. The Morgan fingerprint density at radius 1 is 1.21 bits per heavy atom. The molecule has 0 N–H and O–H groups in total. The molecule has 6 nitrogen and oxygen atoms in total. The average molecular weight is 380 g/mol. The minimum Gasteiger partial charge on any atom is -0.495 e. The van der Waals surface area contributed by atoms with Crippen LogP contribution in [0.2, 0.25) is 0 Å². The van der Waals surface area contributed by atoms with Crippen molar-refractivity contribution >= 4 is 17.5 Å². The van der Waals surface area contributed by atoms with Crippen LogP contribution in [0.4, 0.5) is 5.69 Å². The summed E-state index contributed by atoms with van der Waals surface area (Å²) in [5.41, 5.74) is 2.86. The first-order valence-electron chi connectivity index (χ1n) is 9.51. The predicted octanol–water partition coefficient (Wildman–Crippen LogP) is 2.78. The Labute approximate surface area is 164 Å². The number of amides is 2. The van der Waals surface area contributed by atoms with Crippen LogP contribution in [-0.2, 0) is 16.1 Å². The molecular formula is C22H24N2O4. The molecule has 1 unspecified atom stereocenters. The van der Waals surface area contributed by atoms with Crippen LogP contribution < -0.4 is 14.4 Å². The highest BCUT2D eigenvalue weighted by Crippen LogP contribution is 2.34. The molecule has 0 aliphatic carbocycles. The number of methoxy groups -OCH3 is 1. The van der Waals surface area contributed by atoms with Gasteiger partial charge < -0.3 is 19.3 Å². The van der Waals surface area contributed by atoms with Crippen LogP contribution in [0.1, 0.15) is 17.5 Å². The molecule has 6 heteroatoms. The lowest BCUT2D eigenvalue weighted by Gasteiger charge is -2.24. The largest absolute Gasteiger partial charge is 0.495 e. The number of nitrogens with zero attached hydrogens (tertiary/aromatic N) is 2. The molecule has 4 rings (SSSR count). The lowest BCUT2D eigenvalue weighted by molar-refractivity contribution is -0.136. The van der Waals surface area contributed by atoms with Crippen molar-refractivity contribution < 1.29 is 19.1 Å². The van der Waals surface area contributed by atoms with E-state index >= 15 is 0 Å². The quantitative estimate of drug-likeness (QED) is 0.822. The van der Waals surface area contributed by atoms with Crippen molar-refractivity contribution in [1.82, 2.24) is 4.90 Å². The van der Waals surface area contributed by atoms with Gasteiger partial charge in [0, 0.05) is 25.1 Å². The number of anilines is 1. The first-order valence-corrected chi connectivity index (χ1v) is 9.51. The zero-order valence-electron chi connectivity index (χ0n) is 16.2. The van der Waals surface area contributed by atoms with E-state index in [0.29, 0.717) is 37.7 Å². The summed E-state index contributed by atoms with van der Waals surface area (Å²) in [7, 11) is 1.58. The molecule has 28 heavy (non-hydrogen) atoms. The van der Waals surface area contributed by atoms with Crippen molar-refractivity contribution in [2.75, 3.05) is 31.7 Å². The molecule has 2 aromatic rings. The van der Waals surface area contributed by atoms with Gasteiger partial charge in [0.1, 0.15) is 18.1 Å². The SMILES string of the molecule is COc1ccccc1N1CC(C(=O)N2CCOc3ccc(C)cc3C2)CC1=O. The molecule has 2 aromatic carbocycles. The van der Waals surface area contributed by atoms with Crippen LogP contribution in [0, 0.1) is 12.8 Å². The number of carbonyl (C=O) groups excluding carboxylic acids is 2. The third kappa shape index (κ3) is 3.42. The van der Waals surface area contributed by atoms with Gasteiger partial charge in [0.25, 0.3) is 0 Å². The third-order valence-electron chi connectivity index (χ3n) is 5.36. The molecule has 2 aliphatic heterocycles. The highest BCUT2D eigenvalue weighted by Gasteiger charge is 2.38. The van der Waals surface area contributed by atoms with Crippen molar-refractivity contribution in [1.29, 1.82) is 0 Å². The number of hydrogen-bond acceptors (Lipinski definition) is 4. The van der Waals surface area contributed by atoms with Gasteiger partial charge in [-0.1, -0.05) is 29.8 Å². The Hall–Kier alpha value is -3.02. The number of fused-ring (bicyclic) bond motifs is 1. The Balaban J connectivity index is 1.52. The summed E-state index contributed by atoms with van der Waals surface area (Å²) in [6.45, 7) is 3.88. The Morgan fingerprint density at radius 2 is 2.04 bits per heavy atom. The van der Waals surface area contributed by atoms with Gasteiger partial charge in [-0.25, -0.2) is 0 Å². The smallest absolute Gasteiger partial charge is 0.228 e. The van der Waals surface area contributed by atoms with Crippen LogP contribution in [0.25, 0.3) is 0 Å². The first-order chi connectivity index (χ1) is 13.6. The second kappa shape index (κ2) is 7.54. The molecule has 0 bridgehead atoms. The number of ether oxygens (including phenoxy) is 2. The normalized spacial score (nSPS) is 19.1. The van der Waals surface area contributed by atoms with Crippen LogP contribution in [0.3, 0.4) is 0 Å². The van der Waals surface area contributed by atoms with E-state index in [9.17, 15) is 9.59 Å². The minimum absolute atomic E-state index is 0.00343. The van der Waals surface area contributed by atoms with E-state index in [-0.39, 0.29) is 24.2 Å². The van der Waals surface area contributed by atoms with Crippen molar-refractivity contribution in [2.45, 2.75) is 19.9 Å². The second-order valence-corrected chi connectivity index (χ2v) is 7.30. The van der Waals surface area contributed by atoms with Crippen molar-refractivity contribution in [3.63, 3.8) is 0 Å². The number of rotatable bonds is 3. The van der Waals surface area contributed by atoms with E-state index in [1.54, 1.807) is 12.0 Å². The molecule has 0 radical (unpaired) electrons. The number of para-hydroxylation sites is 2. The summed E-state index contributed by atoms with van der Waals surface area (Å²) in [4.78, 5) is 29.3. The lowest BCUT2D eigenvalue weighted by Crippen LogP contribution is -2.38. The maximum Gasteiger partial charge on any atom is 0.228 e. The zero-order chi connectivity index (χ0) is 19.7. The van der Waals surface area contributed by atoms with E-state index < -0.39 is 0 Å². The second-order valence-electron chi connectivity index (χ2n) is 7.30. The van der Waals surface area contributed by atoms with Crippen LogP contribution >= 0.6 is 0 Å². The summed E-state index contributed by atoms with van der Waals surface area (Å²) in [5.74, 6) is 1.06.